The molecule has 1 saturated carbocycles. The molecule has 1 amide bonds. The Labute approximate surface area is 121 Å². The van der Waals surface area contributed by atoms with Crippen molar-refractivity contribution < 1.29 is 14.6 Å². The molecule has 1 aliphatic carbocycles. The summed E-state index contributed by atoms with van der Waals surface area (Å²) < 4.78 is 6.14. The number of hydrogen-bond donors (Lipinski definition) is 2. The Morgan fingerprint density at radius 2 is 2.26 bits per heavy atom. The van der Waals surface area contributed by atoms with Gasteiger partial charge in [-0.3, -0.25) is 4.79 Å². The highest BCUT2D eigenvalue weighted by atomic mass is 79.9. The quantitative estimate of drug-likeness (QED) is 0.870. The Morgan fingerprint density at radius 1 is 1.53 bits per heavy atom. The summed E-state index contributed by atoms with van der Waals surface area (Å²) in [6.07, 6.45) is 2.82. The number of amides is 1. The predicted octanol–water partition coefficient (Wildman–Crippen LogP) is 2.03. The summed E-state index contributed by atoms with van der Waals surface area (Å²) in [7, 11) is 1.59. The van der Waals surface area contributed by atoms with Crippen molar-refractivity contribution in [3.05, 3.63) is 28.2 Å². The molecule has 1 fully saturated rings. The van der Waals surface area contributed by atoms with E-state index in [-0.39, 0.29) is 12.3 Å². The third-order valence-corrected chi connectivity index (χ3v) is 3.99. The summed E-state index contributed by atoms with van der Waals surface area (Å²) >= 11 is 3.38. The zero-order chi connectivity index (χ0) is 13.9. The van der Waals surface area contributed by atoms with Gasteiger partial charge in [0.05, 0.1) is 19.1 Å². The summed E-state index contributed by atoms with van der Waals surface area (Å²) in [6.45, 7) is 0.335. The SMILES string of the molecule is COc1ccc(Br)cc1CC(=O)NCC1(O)CCC1. The number of carbonyl (C=O) groups is 1. The fourth-order valence-corrected chi connectivity index (χ4v) is 2.55. The molecule has 0 saturated heterocycles. The molecule has 0 unspecified atom stereocenters. The summed E-state index contributed by atoms with van der Waals surface area (Å²) in [4.78, 5) is 11.9. The second-order valence-electron chi connectivity index (χ2n) is 4.99. The second-order valence-corrected chi connectivity index (χ2v) is 5.90. The number of carbonyl (C=O) groups excluding carboxylic acids is 1. The van der Waals surface area contributed by atoms with Gasteiger partial charge in [-0.2, -0.15) is 0 Å². The summed E-state index contributed by atoms with van der Waals surface area (Å²) in [5, 5.41) is 12.7. The molecule has 0 heterocycles. The van der Waals surface area contributed by atoms with Crippen LogP contribution in [0.25, 0.3) is 0 Å². The molecular formula is C14H18BrNO3. The number of nitrogens with one attached hydrogen (secondary N) is 1. The summed E-state index contributed by atoms with van der Waals surface area (Å²) in [6, 6.07) is 5.57. The number of rotatable bonds is 5. The van der Waals surface area contributed by atoms with Crippen LogP contribution in [0.1, 0.15) is 24.8 Å². The van der Waals surface area contributed by atoms with Gasteiger partial charge in [0.15, 0.2) is 0 Å². The van der Waals surface area contributed by atoms with Gasteiger partial charge in [0.25, 0.3) is 0 Å². The Balaban J connectivity index is 1.92. The molecule has 0 aromatic heterocycles. The standard InChI is InChI=1S/C14H18BrNO3/c1-19-12-4-3-11(15)7-10(12)8-13(17)16-9-14(18)5-2-6-14/h3-4,7,18H,2,5-6,8-9H2,1H3,(H,16,17). The van der Waals surface area contributed by atoms with Gasteiger partial charge in [0.2, 0.25) is 5.91 Å². The molecule has 1 aromatic carbocycles. The average Bonchev–Trinajstić information content (AvgIpc) is 2.34. The minimum absolute atomic E-state index is 0.100. The number of halogens is 1. The van der Waals surface area contributed by atoms with Crippen molar-refractivity contribution >= 4 is 21.8 Å². The van der Waals surface area contributed by atoms with Gasteiger partial charge >= 0.3 is 0 Å². The van der Waals surface area contributed by atoms with E-state index in [9.17, 15) is 9.90 Å². The Hall–Kier alpha value is -1.07. The first-order chi connectivity index (χ1) is 9.02. The lowest BCUT2D eigenvalue weighted by Crippen LogP contribution is -2.48. The Bertz CT molecular complexity index is 472. The van der Waals surface area contributed by atoms with E-state index < -0.39 is 5.60 Å². The topological polar surface area (TPSA) is 58.6 Å². The van der Waals surface area contributed by atoms with E-state index in [1.165, 1.54) is 0 Å². The summed E-state index contributed by atoms with van der Waals surface area (Å²) in [5.41, 5.74) is 0.145. The van der Waals surface area contributed by atoms with Gasteiger partial charge in [-0.05, 0) is 37.5 Å². The molecule has 0 bridgehead atoms. The number of hydrogen-bond acceptors (Lipinski definition) is 3. The molecule has 0 radical (unpaired) electrons. The lowest BCUT2D eigenvalue weighted by atomic mass is 9.80. The summed E-state index contributed by atoms with van der Waals surface area (Å²) in [5.74, 6) is 0.595. The minimum Gasteiger partial charge on any atom is -0.496 e. The van der Waals surface area contributed by atoms with E-state index in [0.29, 0.717) is 12.3 Å². The van der Waals surface area contributed by atoms with Crippen LogP contribution in [0, 0.1) is 0 Å². The molecular weight excluding hydrogens is 310 g/mol. The van der Waals surface area contributed by atoms with Gasteiger partial charge in [-0.1, -0.05) is 15.9 Å². The first-order valence-electron chi connectivity index (χ1n) is 6.34. The zero-order valence-electron chi connectivity index (χ0n) is 10.9. The molecule has 2 rings (SSSR count). The third-order valence-electron chi connectivity index (χ3n) is 3.49. The van der Waals surface area contributed by atoms with Crippen LogP contribution in [0.5, 0.6) is 5.75 Å². The van der Waals surface area contributed by atoms with E-state index in [2.05, 4.69) is 21.2 Å². The van der Waals surface area contributed by atoms with E-state index in [1.807, 2.05) is 18.2 Å². The molecule has 19 heavy (non-hydrogen) atoms. The number of ether oxygens (including phenoxy) is 1. The number of aliphatic hydroxyl groups is 1. The van der Waals surface area contributed by atoms with E-state index in [1.54, 1.807) is 7.11 Å². The van der Waals surface area contributed by atoms with Crippen LogP contribution >= 0.6 is 15.9 Å². The monoisotopic (exact) mass is 327 g/mol. The zero-order valence-corrected chi connectivity index (χ0v) is 12.5. The van der Waals surface area contributed by atoms with E-state index >= 15 is 0 Å². The highest BCUT2D eigenvalue weighted by Crippen LogP contribution is 2.30. The Kier molecular flexibility index (Phi) is 4.47. The molecule has 104 valence electrons. The van der Waals surface area contributed by atoms with Gasteiger partial charge in [-0.25, -0.2) is 0 Å². The Morgan fingerprint density at radius 3 is 2.84 bits per heavy atom. The third kappa shape index (κ3) is 3.70. The second kappa shape index (κ2) is 5.92. The van der Waals surface area contributed by atoms with Crippen LogP contribution < -0.4 is 10.1 Å². The molecule has 1 aromatic rings. The fourth-order valence-electron chi connectivity index (χ4n) is 2.15. The largest absolute Gasteiger partial charge is 0.496 e. The van der Waals surface area contributed by atoms with Crippen LogP contribution in [0.2, 0.25) is 0 Å². The van der Waals surface area contributed by atoms with Crippen molar-refractivity contribution in [2.45, 2.75) is 31.3 Å². The van der Waals surface area contributed by atoms with Crippen molar-refractivity contribution in [3.8, 4) is 5.75 Å². The molecule has 0 aliphatic heterocycles. The highest BCUT2D eigenvalue weighted by Gasteiger charge is 2.34. The normalized spacial score (nSPS) is 16.6. The highest BCUT2D eigenvalue weighted by molar-refractivity contribution is 9.10. The van der Waals surface area contributed by atoms with E-state index in [4.69, 9.17) is 4.74 Å². The molecule has 2 N–H and O–H groups in total. The molecule has 0 spiro atoms. The molecule has 5 heteroatoms. The van der Waals surface area contributed by atoms with Crippen molar-refractivity contribution in [3.63, 3.8) is 0 Å². The van der Waals surface area contributed by atoms with Crippen molar-refractivity contribution in [2.24, 2.45) is 0 Å². The van der Waals surface area contributed by atoms with Gasteiger partial charge in [0.1, 0.15) is 5.75 Å². The van der Waals surface area contributed by atoms with Crippen molar-refractivity contribution in [1.29, 1.82) is 0 Å². The average molecular weight is 328 g/mol. The first-order valence-corrected chi connectivity index (χ1v) is 7.13. The first kappa shape index (κ1) is 14.3. The van der Waals surface area contributed by atoms with Crippen LogP contribution in [0.3, 0.4) is 0 Å². The molecule has 0 atom stereocenters. The maximum atomic E-state index is 11.9. The maximum absolute atomic E-state index is 11.9. The smallest absolute Gasteiger partial charge is 0.224 e. The molecule has 4 nitrogen and oxygen atoms in total. The van der Waals surface area contributed by atoms with Crippen LogP contribution in [-0.2, 0) is 11.2 Å². The van der Waals surface area contributed by atoms with Gasteiger partial charge < -0.3 is 15.2 Å². The predicted molar refractivity (Wildman–Crippen MR) is 76.2 cm³/mol. The maximum Gasteiger partial charge on any atom is 0.224 e. The van der Waals surface area contributed by atoms with Crippen molar-refractivity contribution in [1.82, 2.24) is 5.32 Å². The van der Waals surface area contributed by atoms with Crippen LogP contribution in [-0.4, -0.2) is 30.3 Å². The lowest BCUT2D eigenvalue weighted by molar-refractivity contribution is -0.122. The minimum atomic E-state index is -0.684. The van der Waals surface area contributed by atoms with Crippen LogP contribution in [0.4, 0.5) is 0 Å². The molecule has 1 aliphatic rings. The van der Waals surface area contributed by atoms with Gasteiger partial charge in [0, 0.05) is 16.6 Å². The van der Waals surface area contributed by atoms with Gasteiger partial charge in [-0.15, -0.1) is 0 Å². The fraction of sp³-hybridized carbons (Fsp3) is 0.500. The van der Waals surface area contributed by atoms with Crippen molar-refractivity contribution in [2.75, 3.05) is 13.7 Å². The number of methoxy groups -OCH3 is 1. The van der Waals surface area contributed by atoms with E-state index in [0.717, 1.165) is 29.3 Å². The van der Waals surface area contributed by atoms with Crippen LogP contribution in [0.15, 0.2) is 22.7 Å². The lowest BCUT2D eigenvalue weighted by Gasteiger charge is -2.36. The number of benzene rings is 1.